The van der Waals surface area contributed by atoms with Crippen LogP contribution in [0.25, 0.3) is 0 Å². The summed E-state index contributed by atoms with van der Waals surface area (Å²) in [5, 5.41) is 12.8. The number of carboxylic acids is 1. The van der Waals surface area contributed by atoms with E-state index in [0.717, 1.165) is 28.5 Å². The standard InChI is InChI=1S/C23H31ClN2O3/c1-15(2)19-14-26(11-10-21(27)28)22(29)25-23(19,3)18-9-8-17(20(24)13-18)12-16-6-4-5-7-16/h8-9,13-16H,4-7,10-12H2,1-3H3,(H,25,29)(H,27,28)/t23-/m0/s1. The Balaban J connectivity index is 1.88. The van der Waals surface area contributed by atoms with Gasteiger partial charge in [0.25, 0.3) is 0 Å². The molecule has 0 unspecified atom stereocenters. The van der Waals surface area contributed by atoms with Crippen molar-refractivity contribution in [2.24, 2.45) is 11.8 Å². The molecule has 1 atom stereocenters. The number of hydrogen-bond donors (Lipinski definition) is 2. The van der Waals surface area contributed by atoms with Crippen LogP contribution in [0.2, 0.25) is 5.02 Å². The van der Waals surface area contributed by atoms with E-state index in [1.54, 1.807) is 0 Å². The van der Waals surface area contributed by atoms with Crippen molar-refractivity contribution in [2.45, 2.75) is 64.8 Å². The molecule has 5 nitrogen and oxygen atoms in total. The number of nitrogens with one attached hydrogen (secondary N) is 1. The first kappa shape index (κ1) is 21.7. The molecule has 1 aliphatic carbocycles. The van der Waals surface area contributed by atoms with Crippen molar-refractivity contribution in [1.29, 1.82) is 0 Å². The summed E-state index contributed by atoms with van der Waals surface area (Å²) < 4.78 is 0. The fourth-order valence-corrected chi connectivity index (χ4v) is 4.87. The number of rotatable bonds is 7. The van der Waals surface area contributed by atoms with Crippen LogP contribution in [0.4, 0.5) is 4.79 Å². The summed E-state index contributed by atoms with van der Waals surface area (Å²) in [6.07, 6.45) is 7.91. The predicted octanol–water partition coefficient (Wildman–Crippen LogP) is 5.33. The molecule has 29 heavy (non-hydrogen) atoms. The van der Waals surface area contributed by atoms with E-state index >= 15 is 0 Å². The highest BCUT2D eigenvalue weighted by Crippen LogP contribution is 2.39. The number of carboxylic acid groups (broad SMARTS) is 1. The molecule has 2 amide bonds. The molecule has 1 saturated carbocycles. The molecule has 2 N–H and O–H groups in total. The average molecular weight is 419 g/mol. The van der Waals surface area contributed by atoms with Gasteiger partial charge in [0.2, 0.25) is 0 Å². The Hall–Kier alpha value is -2.01. The Morgan fingerprint density at radius 2 is 2.03 bits per heavy atom. The Bertz CT molecular complexity index is 814. The van der Waals surface area contributed by atoms with Gasteiger partial charge in [-0.05, 0) is 47.9 Å². The number of benzene rings is 1. The number of amides is 2. The zero-order chi connectivity index (χ0) is 21.2. The van der Waals surface area contributed by atoms with Gasteiger partial charge in [0.1, 0.15) is 0 Å². The third-order valence-corrected chi connectivity index (χ3v) is 6.64. The van der Waals surface area contributed by atoms with E-state index < -0.39 is 11.5 Å². The summed E-state index contributed by atoms with van der Waals surface area (Å²) in [6.45, 7) is 6.29. The van der Waals surface area contributed by atoms with Gasteiger partial charge in [-0.15, -0.1) is 0 Å². The molecular weight excluding hydrogens is 388 g/mol. The van der Waals surface area contributed by atoms with Crippen LogP contribution in [0.1, 0.15) is 64.0 Å². The van der Waals surface area contributed by atoms with Gasteiger partial charge in [-0.25, -0.2) is 4.79 Å². The molecule has 0 aromatic heterocycles. The summed E-state index contributed by atoms with van der Waals surface area (Å²) in [7, 11) is 0. The van der Waals surface area contributed by atoms with Gasteiger partial charge in [0, 0.05) is 17.8 Å². The topological polar surface area (TPSA) is 69.6 Å². The number of nitrogens with zero attached hydrogens (tertiary/aromatic N) is 1. The van der Waals surface area contributed by atoms with E-state index in [9.17, 15) is 9.59 Å². The fraction of sp³-hybridized carbons (Fsp3) is 0.565. The molecule has 0 spiro atoms. The second-order valence-electron chi connectivity index (χ2n) is 8.79. The zero-order valence-corrected chi connectivity index (χ0v) is 18.3. The largest absolute Gasteiger partial charge is 0.481 e. The fourth-order valence-electron chi connectivity index (χ4n) is 4.61. The molecular formula is C23H31ClN2O3. The molecule has 1 aromatic carbocycles. The minimum absolute atomic E-state index is 0.0896. The Kier molecular flexibility index (Phi) is 6.57. The number of aliphatic carboxylic acids is 1. The van der Waals surface area contributed by atoms with E-state index in [-0.39, 0.29) is 24.9 Å². The van der Waals surface area contributed by atoms with Gasteiger partial charge in [-0.1, -0.05) is 63.3 Å². The van der Waals surface area contributed by atoms with Crippen LogP contribution in [0.5, 0.6) is 0 Å². The summed E-state index contributed by atoms with van der Waals surface area (Å²) in [6, 6.07) is 5.86. The van der Waals surface area contributed by atoms with Crippen LogP contribution in [0.3, 0.4) is 0 Å². The van der Waals surface area contributed by atoms with Gasteiger partial charge in [-0.3, -0.25) is 4.79 Å². The summed E-state index contributed by atoms with van der Waals surface area (Å²) in [5.74, 6) is -0.0302. The number of urea groups is 1. The van der Waals surface area contributed by atoms with Gasteiger partial charge in [0.15, 0.2) is 0 Å². The first-order valence-electron chi connectivity index (χ1n) is 10.5. The lowest BCUT2D eigenvalue weighted by Crippen LogP contribution is -2.55. The maximum absolute atomic E-state index is 12.7. The second kappa shape index (κ2) is 8.78. The molecule has 1 fully saturated rings. The number of carbonyl (C=O) groups is 2. The second-order valence-corrected chi connectivity index (χ2v) is 9.20. The van der Waals surface area contributed by atoms with E-state index in [1.165, 1.54) is 36.1 Å². The van der Waals surface area contributed by atoms with Crippen LogP contribution in [0.15, 0.2) is 30.0 Å². The first-order valence-corrected chi connectivity index (χ1v) is 10.9. The van der Waals surface area contributed by atoms with Crippen molar-refractivity contribution in [3.8, 4) is 0 Å². The van der Waals surface area contributed by atoms with Crippen molar-refractivity contribution in [1.82, 2.24) is 10.2 Å². The summed E-state index contributed by atoms with van der Waals surface area (Å²) in [5.41, 5.74) is 2.47. The lowest BCUT2D eigenvalue weighted by molar-refractivity contribution is -0.137. The third-order valence-electron chi connectivity index (χ3n) is 6.29. The van der Waals surface area contributed by atoms with Crippen molar-refractivity contribution >= 4 is 23.6 Å². The maximum atomic E-state index is 12.7. The third kappa shape index (κ3) is 4.77. The van der Waals surface area contributed by atoms with Crippen LogP contribution in [-0.2, 0) is 16.8 Å². The lowest BCUT2D eigenvalue weighted by atomic mass is 9.78. The number of carbonyl (C=O) groups excluding carboxylic acids is 1. The Labute approximate surface area is 178 Å². The quantitative estimate of drug-likeness (QED) is 0.628. The van der Waals surface area contributed by atoms with E-state index in [1.807, 2.05) is 19.2 Å². The maximum Gasteiger partial charge on any atom is 0.322 e. The predicted molar refractivity (Wildman–Crippen MR) is 115 cm³/mol. The molecule has 0 bridgehead atoms. The van der Waals surface area contributed by atoms with Crippen LogP contribution in [0, 0.1) is 11.8 Å². The summed E-state index contributed by atoms with van der Waals surface area (Å²) >= 11 is 6.66. The van der Waals surface area contributed by atoms with Crippen LogP contribution >= 0.6 is 11.6 Å². The highest BCUT2D eigenvalue weighted by atomic mass is 35.5. The first-order chi connectivity index (χ1) is 13.7. The molecule has 2 aliphatic rings. The van der Waals surface area contributed by atoms with Gasteiger partial charge in [-0.2, -0.15) is 0 Å². The van der Waals surface area contributed by atoms with Gasteiger partial charge in [0.05, 0.1) is 12.0 Å². The van der Waals surface area contributed by atoms with Crippen molar-refractivity contribution in [3.63, 3.8) is 0 Å². The van der Waals surface area contributed by atoms with Crippen molar-refractivity contribution in [3.05, 3.63) is 46.1 Å². The van der Waals surface area contributed by atoms with E-state index in [4.69, 9.17) is 16.7 Å². The Morgan fingerprint density at radius 3 is 2.62 bits per heavy atom. The minimum atomic E-state index is -0.921. The lowest BCUT2D eigenvalue weighted by Gasteiger charge is -2.42. The monoisotopic (exact) mass is 418 g/mol. The number of hydrogen-bond acceptors (Lipinski definition) is 2. The molecule has 1 aromatic rings. The number of halogens is 1. The smallest absolute Gasteiger partial charge is 0.322 e. The molecule has 3 rings (SSSR count). The molecule has 6 heteroatoms. The zero-order valence-electron chi connectivity index (χ0n) is 17.5. The van der Waals surface area contributed by atoms with Crippen LogP contribution < -0.4 is 5.32 Å². The minimum Gasteiger partial charge on any atom is -0.481 e. The molecule has 0 saturated heterocycles. The van der Waals surface area contributed by atoms with Crippen molar-refractivity contribution in [2.75, 3.05) is 6.54 Å². The van der Waals surface area contributed by atoms with E-state index in [2.05, 4.69) is 31.3 Å². The van der Waals surface area contributed by atoms with Crippen molar-refractivity contribution < 1.29 is 14.7 Å². The van der Waals surface area contributed by atoms with Gasteiger partial charge < -0.3 is 15.3 Å². The highest BCUT2D eigenvalue weighted by molar-refractivity contribution is 6.31. The summed E-state index contributed by atoms with van der Waals surface area (Å²) in [4.78, 5) is 25.1. The average Bonchev–Trinajstić information content (AvgIpc) is 3.15. The van der Waals surface area contributed by atoms with Crippen LogP contribution in [-0.4, -0.2) is 28.6 Å². The Morgan fingerprint density at radius 1 is 1.34 bits per heavy atom. The van der Waals surface area contributed by atoms with Gasteiger partial charge >= 0.3 is 12.0 Å². The highest BCUT2D eigenvalue weighted by Gasteiger charge is 2.39. The van der Waals surface area contributed by atoms with E-state index in [0.29, 0.717) is 0 Å². The SMILES string of the molecule is CC(C)C1=CN(CCC(=O)O)C(=O)N[C@@]1(C)c1ccc(CC2CCCC2)c(Cl)c1. The molecule has 1 aliphatic heterocycles. The molecule has 1 heterocycles. The molecule has 158 valence electrons. The molecule has 0 radical (unpaired) electrons. The normalized spacial score (nSPS) is 22.7.